The second-order valence-corrected chi connectivity index (χ2v) is 20.1. The second-order valence-electron chi connectivity index (χ2n) is 20.1. The quantitative estimate of drug-likeness (QED) is 0.0390. The summed E-state index contributed by atoms with van der Waals surface area (Å²) in [6.07, 6.45) is -8.39. The number of esters is 4. The molecule has 10 N–H and O–H groups in total. The number of carbonyl (C=O) groups excluding carboxylic acids is 7. The number of benzene rings is 2. The van der Waals surface area contributed by atoms with Gasteiger partial charge >= 0.3 is 54.0 Å². The predicted octanol–water partition coefficient (Wildman–Crippen LogP) is 3.48. The fourth-order valence-electron chi connectivity index (χ4n) is 7.08. The number of aromatic amines is 2. The van der Waals surface area contributed by atoms with Gasteiger partial charge in [-0.05, 0) is 103 Å². The molecule has 0 spiro atoms. The normalized spacial score (nSPS) is 12.2. The van der Waals surface area contributed by atoms with Gasteiger partial charge in [0, 0.05) is 29.8 Å². The molecular formula is C52H58F6N14O15. The van der Waals surface area contributed by atoms with Crippen LogP contribution in [0.5, 0.6) is 0 Å². The number of carboxylic acid groups (broad SMARTS) is 1. The van der Waals surface area contributed by atoms with Gasteiger partial charge in [-0.25, -0.2) is 29.5 Å². The lowest BCUT2D eigenvalue weighted by Crippen LogP contribution is -2.42. The third-order valence-corrected chi connectivity index (χ3v) is 10.9. The number of nitrogen functional groups attached to an aromatic ring is 2. The molecule has 2 aromatic carbocycles. The highest BCUT2D eigenvalue weighted by Crippen LogP contribution is 2.28. The fourth-order valence-corrected chi connectivity index (χ4v) is 7.08. The molecule has 0 aliphatic rings. The maximum Gasteiger partial charge on any atom is 0.471 e. The Bertz CT molecular complexity index is 3630. The Hall–Kier alpha value is -10.2. The number of carboxylic acids is 1. The molecule has 0 saturated heterocycles. The number of anilines is 4. The number of fused-ring (bicyclic) bond motifs is 2. The van der Waals surface area contributed by atoms with E-state index in [1.807, 2.05) is 0 Å². The van der Waals surface area contributed by atoms with Crippen molar-refractivity contribution in [3.05, 3.63) is 104 Å². The first-order chi connectivity index (χ1) is 40.3. The summed E-state index contributed by atoms with van der Waals surface area (Å²) in [5.41, 5.74) is 11.6. The van der Waals surface area contributed by atoms with E-state index in [1.54, 1.807) is 41.5 Å². The molecule has 1 unspecified atom stereocenters. The average molecular weight is 1230 g/mol. The Morgan fingerprint density at radius 3 is 1.33 bits per heavy atom. The molecule has 2 atom stereocenters. The first kappa shape index (κ1) is 69.3. The maximum absolute atomic E-state index is 13.5. The number of halogens is 6. The highest BCUT2D eigenvalue weighted by molar-refractivity contribution is 6.00. The van der Waals surface area contributed by atoms with E-state index >= 15 is 0 Å². The van der Waals surface area contributed by atoms with Gasteiger partial charge in [-0.15, -0.1) is 0 Å². The number of ether oxygens (including phenoxy) is 4. The van der Waals surface area contributed by atoms with E-state index in [9.17, 15) is 74.3 Å². The number of rotatable bonds is 17. The van der Waals surface area contributed by atoms with Gasteiger partial charge in [0.2, 0.25) is 11.9 Å². The van der Waals surface area contributed by atoms with E-state index in [2.05, 4.69) is 54.7 Å². The number of nitrogens with zero attached hydrogens (tertiary/aromatic N) is 8. The number of nitrogens with one attached hydrogen (secondary N) is 3. The monoisotopic (exact) mass is 1230 g/mol. The number of nitrogens with two attached hydrogens (primary N) is 3. The minimum absolute atomic E-state index is 0.0741. The van der Waals surface area contributed by atoms with Gasteiger partial charge in [-0.3, -0.25) is 58.1 Å². The molecule has 6 aromatic rings. The van der Waals surface area contributed by atoms with Crippen LogP contribution in [0.4, 0.5) is 49.6 Å². The van der Waals surface area contributed by atoms with Gasteiger partial charge in [-0.2, -0.15) is 36.3 Å². The second kappa shape index (κ2) is 29.0. The Morgan fingerprint density at radius 1 is 0.598 bits per heavy atom. The van der Waals surface area contributed by atoms with Crippen molar-refractivity contribution in [1.29, 1.82) is 0 Å². The largest absolute Gasteiger partial charge is 0.478 e. The minimum atomic E-state index is -5.28. The maximum atomic E-state index is 13.5. The molecule has 0 aliphatic heterocycles. The van der Waals surface area contributed by atoms with Crippen molar-refractivity contribution in [3.8, 4) is 0 Å². The standard InChI is InChI=1S/C26H28F3N7O7.C16H11F3N6O4.C10H19NO4/c1-25(2,3)43-17(37)10-9-16(22(40)42-4)33-20(38)13-5-7-15(8-6-13)36(23(41)26(27,28)29)12-14-11-31-19-18(32-14)21(39)35-24(30)34-19;17-16(18,19)14(29)25(9-3-1-7(2-4-9)13(27)28)6-8-5-21-11-10(22-8)12(26)24-15(20)23-11;1-10(2,3)15-8(12)6-5-7(11)9(13)14-4/h5-8,11,16H,9-10,12H2,1-4H3,(H,33,38)(H3,30,31,34,35,39);1-5H,6H2,(H,27,28)(H3,20,21,23,24,26);7H,5-6,11H2,1-4H3/t16-;;/m0../s1. The molecule has 4 heterocycles. The van der Waals surface area contributed by atoms with Crippen LogP contribution in [0, 0.1) is 0 Å². The summed E-state index contributed by atoms with van der Waals surface area (Å²) in [5, 5.41) is 11.3. The van der Waals surface area contributed by atoms with E-state index in [4.69, 9.17) is 31.8 Å². The van der Waals surface area contributed by atoms with Crippen LogP contribution in [-0.2, 0) is 60.8 Å². The van der Waals surface area contributed by atoms with Crippen molar-refractivity contribution < 1.29 is 88.8 Å². The zero-order valence-electron chi connectivity index (χ0n) is 47.4. The summed E-state index contributed by atoms with van der Waals surface area (Å²) in [7, 11) is 2.35. The number of alkyl halides is 6. The summed E-state index contributed by atoms with van der Waals surface area (Å²) in [5.74, 6) is -9.28. The van der Waals surface area contributed by atoms with Crippen molar-refractivity contribution in [2.45, 2.75) is 116 Å². The van der Waals surface area contributed by atoms with E-state index in [-0.39, 0.29) is 99.8 Å². The lowest BCUT2D eigenvalue weighted by Gasteiger charge is -2.24. The SMILES string of the molecule is COC(=O)C(N)CCC(=O)OC(C)(C)C.COC(=O)[C@H](CCC(=O)OC(C)(C)C)NC(=O)c1ccc(N(Cc2cnc3nc(N)[nH]c(=O)c3n2)C(=O)C(F)(F)F)cc1.Nc1nc2ncc(CN(C(=O)C(F)(F)F)c3ccc(C(=O)O)cc3)nc2c(=O)[nH]1. The van der Waals surface area contributed by atoms with Crippen LogP contribution in [0.1, 0.15) is 99.3 Å². The molecule has 0 bridgehead atoms. The fraction of sp³-hybridized carbons (Fsp3) is 0.385. The van der Waals surface area contributed by atoms with E-state index in [0.717, 1.165) is 68.0 Å². The Kier molecular flexibility index (Phi) is 23.1. The van der Waals surface area contributed by atoms with Gasteiger partial charge < -0.3 is 46.6 Å². The molecule has 6 rings (SSSR count). The lowest BCUT2D eigenvalue weighted by atomic mass is 10.1. The molecule has 3 amide bonds. The van der Waals surface area contributed by atoms with Gasteiger partial charge in [0.15, 0.2) is 22.3 Å². The number of hydrogen-bond donors (Lipinski definition) is 7. The molecule has 4 aromatic heterocycles. The van der Waals surface area contributed by atoms with E-state index in [0.29, 0.717) is 9.80 Å². The smallest absolute Gasteiger partial charge is 0.471 e. The molecule has 0 fully saturated rings. The van der Waals surface area contributed by atoms with Crippen LogP contribution in [0.15, 0.2) is 70.5 Å². The number of aromatic carboxylic acids is 1. The highest BCUT2D eigenvalue weighted by Gasteiger charge is 2.44. The first-order valence-electron chi connectivity index (χ1n) is 25.2. The van der Waals surface area contributed by atoms with E-state index in [1.165, 1.54) is 7.11 Å². The molecule has 87 heavy (non-hydrogen) atoms. The highest BCUT2D eigenvalue weighted by atomic mass is 19.4. The summed E-state index contributed by atoms with van der Waals surface area (Å²) >= 11 is 0. The van der Waals surface area contributed by atoms with Gasteiger partial charge in [0.25, 0.3) is 17.0 Å². The number of H-pyrrole nitrogens is 2. The predicted molar refractivity (Wildman–Crippen MR) is 292 cm³/mol. The van der Waals surface area contributed by atoms with Crippen LogP contribution < -0.4 is 43.4 Å². The van der Waals surface area contributed by atoms with Crippen molar-refractivity contribution in [3.63, 3.8) is 0 Å². The Balaban J connectivity index is 0.000000315. The molecule has 0 radical (unpaired) electrons. The number of amides is 3. The summed E-state index contributed by atoms with van der Waals surface area (Å²) < 4.78 is 99.0. The zero-order chi connectivity index (χ0) is 65.5. The van der Waals surface area contributed by atoms with Gasteiger partial charge in [-0.1, -0.05) is 0 Å². The number of hydrogen-bond acceptors (Lipinski definition) is 23. The first-order valence-corrected chi connectivity index (χ1v) is 25.2. The molecule has 0 aliphatic carbocycles. The van der Waals surface area contributed by atoms with Crippen LogP contribution >= 0.6 is 0 Å². The molecule has 0 saturated carbocycles. The number of methoxy groups -OCH3 is 2. The van der Waals surface area contributed by atoms with Crippen LogP contribution in [0.25, 0.3) is 22.3 Å². The summed E-state index contributed by atoms with van der Waals surface area (Å²) in [6.45, 7) is 8.93. The van der Waals surface area contributed by atoms with Crippen molar-refractivity contribution >= 4 is 93.2 Å². The third kappa shape index (κ3) is 21.1. The van der Waals surface area contributed by atoms with E-state index < -0.39 is 101 Å². The summed E-state index contributed by atoms with van der Waals surface area (Å²) in [4.78, 5) is 147. The topological polar surface area (TPSA) is 433 Å². The zero-order valence-corrected chi connectivity index (χ0v) is 47.4. The van der Waals surface area contributed by atoms with Gasteiger partial charge in [0.1, 0.15) is 23.3 Å². The average Bonchev–Trinajstić information content (AvgIpc) is 1.30. The third-order valence-electron chi connectivity index (χ3n) is 10.9. The molecule has 468 valence electrons. The number of carbonyl (C=O) groups is 8. The molecule has 35 heteroatoms. The number of aromatic nitrogens is 8. The van der Waals surface area contributed by atoms with Crippen molar-refractivity contribution in [1.82, 2.24) is 45.2 Å². The lowest BCUT2D eigenvalue weighted by molar-refractivity contribution is -0.170. The Labute approximate surface area is 487 Å². The summed E-state index contributed by atoms with van der Waals surface area (Å²) in [6, 6.07) is 6.64. The Morgan fingerprint density at radius 2 is 0.977 bits per heavy atom. The molecule has 29 nitrogen and oxygen atoms in total. The van der Waals surface area contributed by atoms with Crippen molar-refractivity contribution in [2.75, 3.05) is 35.5 Å². The van der Waals surface area contributed by atoms with Crippen LogP contribution in [0.3, 0.4) is 0 Å². The van der Waals surface area contributed by atoms with Crippen molar-refractivity contribution in [2.24, 2.45) is 5.73 Å². The minimum Gasteiger partial charge on any atom is -0.478 e. The van der Waals surface area contributed by atoms with Gasteiger partial charge in [0.05, 0.1) is 56.7 Å². The molecular weight excluding hydrogens is 1170 g/mol. The van der Waals surface area contributed by atoms with Crippen LogP contribution in [0.2, 0.25) is 0 Å². The van der Waals surface area contributed by atoms with Crippen LogP contribution in [-0.4, -0.2) is 142 Å².